The summed E-state index contributed by atoms with van der Waals surface area (Å²) >= 11 is 0. The molecule has 21 rings (SSSR count). The van der Waals surface area contributed by atoms with Crippen molar-refractivity contribution < 1.29 is 142 Å². The van der Waals surface area contributed by atoms with Crippen molar-refractivity contribution >= 4 is 99.4 Å². The monoisotopic (exact) mass is 2070 g/mol. The van der Waals surface area contributed by atoms with Crippen molar-refractivity contribution in [2.75, 3.05) is 6.61 Å². The first-order valence-electron chi connectivity index (χ1n) is 55.7. The molecule has 6 saturated heterocycles. The van der Waals surface area contributed by atoms with Crippen LogP contribution in [0.3, 0.4) is 0 Å². The van der Waals surface area contributed by atoms with Gasteiger partial charge in [0.15, 0.2) is 6.61 Å². The average molecular weight is 2070 g/mol. The lowest BCUT2D eigenvalue weighted by Gasteiger charge is -2.36. The predicted molar refractivity (Wildman–Crippen MR) is 526 cm³/mol. The number of sulfonamides is 1. The highest BCUT2D eigenvalue weighted by Gasteiger charge is 2.76. The van der Waals surface area contributed by atoms with Crippen molar-refractivity contribution in [3.05, 3.63) is 0 Å². The summed E-state index contributed by atoms with van der Waals surface area (Å²) in [6, 6.07) is -0.651. The fourth-order valence-corrected chi connectivity index (χ4v) is 31.1. The highest BCUT2D eigenvalue weighted by molar-refractivity contribution is 7.90. The normalized spacial score (nSPS) is 38.0. The van der Waals surface area contributed by atoms with Gasteiger partial charge in [-0.2, -0.15) is 0 Å². The zero-order valence-corrected chi connectivity index (χ0v) is 91.6. The Morgan fingerprint density at radius 2 is 0.616 bits per heavy atom. The topological polar surface area (TPSA) is 446 Å². The fourth-order valence-electron chi connectivity index (χ4n) is 29.0. The Morgan fingerprint density at radius 3 is 0.925 bits per heavy atom. The molecular formula is C112H167N3O30S. The third-order valence-electron chi connectivity index (χ3n) is 41.0. The van der Waals surface area contributed by atoms with E-state index >= 15 is 0 Å². The Bertz CT molecular complexity index is 5020. The van der Waals surface area contributed by atoms with E-state index in [0.717, 1.165) is 89.9 Å². The van der Waals surface area contributed by atoms with Gasteiger partial charge in [0.05, 0.1) is 91.4 Å². The van der Waals surface area contributed by atoms with Gasteiger partial charge in [0.25, 0.3) is 0 Å². The molecule has 34 heteroatoms. The van der Waals surface area contributed by atoms with Crippen LogP contribution >= 0.6 is 0 Å². The maximum Gasteiger partial charge on any atom is 0.344 e. The van der Waals surface area contributed by atoms with Crippen LogP contribution < -0.4 is 15.4 Å². The lowest BCUT2D eigenvalue weighted by molar-refractivity contribution is -0.176. The molecule has 33 atom stereocenters. The SMILES string of the molecule is CCC(C)(C)C(=O)OC1(C(C)C)CCCC1.CCC(C)(C)C(=O)OC1(C(C)C)CCCC1.CCC(C)(C)C(=O)OC1(C(C)C)CCCC1.CCC(C)(C)C(=O)OC1C2CC3C1OC(=O)C3C2C(=O)OC1C2CC3C(=O)NC1C3C2.CCC(C)(C)C(=O)OC1C2CC3C1OC(=O)C3C2C(=O)OC1C2CC3C1NS(=O)(=O)C3C2.CCC(C)(C)C(=O)OCC(=O)OC1C2CC3C1OC(=O)C3C2C(=O)OC1C2CC3C(=O)NC1C3C2. The van der Waals surface area contributed by atoms with Crippen LogP contribution in [0.2, 0.25) is 0 Å². The Hall–Kier alpha value is -8.04. The van der Waals surface area contributed by atoms with Gasteiger partial charge < -0.3 is 72.2 Å². The summed E-state index contributed by atoms with van der Waals surface area (Å²) < 4.78 is 102. The quantitative estimate of drug-likeness (QED) is 0.0462. The van der Waals surface area contributed by atoms with Gasteiger partial charge in [0.2, 0.25) is 21.8 Å². The molecule has 3 N–H and O–H groups in total. The molecule has 0 aromatic heterocycles. The van der Waals surface area contributed by atoms with Crippen molar-refractivity contribution in [2.24, 2.45) is 169 Å². The largest absolute Gasteiger partial charge is 0.460 e. The fraction of sp³-hybridized carbons (Fsp3) is 0.866. The molecule has 2 amide bonds. The Labute approximate surface area is 861 Å². The number of nitrogens with one attached hydrogen (secondary N) is 3. The van der Waals surface area contributed by atoms with Crippen LogP contribution in [0.15, 0.2) is 0 Å². The molecule has 816 valence electrons. The van der Waals surface area contributed by atoms with Gasteiger partial charge in [-0.15, -0.1) is 0 Å². The van der Waals surface area contributed by atoms with E-state index in [9.17, 15) is 80.3 Å². The third-order valence-corrected chi connectivity index (χ3v) is 43.0. The summed E-state index contributed by atoms with van der Waals surface area (Å²) in [6.07, 6.45) is 19.1. The number of amides is 2. The van der Waals surface area contributed by atoms with Crippen molar-refractivity contribution in [3.63, 3.8) is 0 Å². The molecule has 12 bridgehead atoms. The van der Waals surface area contributed by atoms with Gasteiger partial charge in [-0.05, 0) is 310 Å². The van der Waals surface area contributed by atoms with Crippen LogP contribution in [0.5, 0.6) is 0 Å². The molecule has 21 fully saturated rings. The molecule has 15 saturated carbocycles. The molecule has 0 aromatic rings. The number of esters is 13. The molecule has 21 aliphatic rings. The smallest absolute Gasteiger partial charge is 0.344 e. The van der Waals surface area contributed by atoms with E-state index in [1.54, 1.807) is 13.8 Å². The first-order chi connectivity index (χ1) is 68.4. The standard InChI is InChI=1S/C25H31NO9.C23H29NO7.C22H29NO8S.3C14H26O2/c1-4-25(2,3)24(31)32-8-14(27)33-19-12-7-13-16(23(30)35-20(13)19)15(12)22(29)34-18-9-5-10-11(6-9)21(28)26-17(10)18;1-4-23(2,3)22(28)31-18-12-7-11-13(21(27)30-17(11)18)14(12)20(26)29-16-8-5-9-10(6-8)19(25)24-15(9)16;1-4-22(2,3)21(26)31-18-11-7-10-13(20(25)30-17(10)18)14(11)19(24)29-16-8-5-9-12(6-8)32(27,28)23-15(9)16;3*1-6-13(4,5)12(15)16-14(11(2)3)9-7-8-10-14/h9-13,15-20H,4-8H2,1-3H3,(H,26,28);8-18H,4-7H2,1-3H3,(H,24,25);8-18,23H,4-7H2,1-3H3;3*11H,6-10H2,1-5H3. The average Bonchev–Trinajstić information content (AvgIpc) is 1.54. The van der Waals surface area contributed by atoms with E-state index in [0.29, 0.717) is 62.7 Å². The lowest BCUT2D eigenvalue weighted by Crippen LogP contribution is -2.48. The second-order valence-electron chi connectivity index (χ2n) is 52.1. The third kappa shape index (κ3) is 19.8. The number of fused-ring (bicyclic) bond motifs is 6. The van der Waals surface area contributed by atoms with Crippen LogP contribution in [0.25, 0.3) is 0 Å². The maximum absolute atomic E-state index is 13.4. The molecule has 6 heterocycles. The second kappa shape index (κ2) is 40.8. The summed E-state index contributed by atoms with van der Waals surface area (Å²) in [5.41, 5.74) is -3.58. The first-order valence-corrected chi connectivity index (χ1v) is 57.3. The first kappa shape index (κ1) is 111. The van der Waals surface area contributed by atoms with Gasteiger partial charge in [0.1, 0.15) is 71.7 Å². The molecule has 0 spiro atoms. The molecule has 146 heavy (non-hydrogen) atoms. The Morgan fingerprint density at radius 1 is 0.336 bits per heavy atom. The van der Waals surface area contributed by atoms with Crippen molar-refractivity contribution in [2.45, 2.75) is 435 Å². The number of rotatable bonds is 29. The van der Waals surface area contributed by atoms with Gasteiger partial charge in [-0.3, -0.25) is 67.1 Å². The molecule has 6 aliphatic heterocycles. The number of carbonyl (C=O) groups is 15. The van der Waals surface area contributed by atoms with Gasteiger partial charge in [-0.1, -0.05) is 83.1 Å². The van der Waals surface area contributed by atoms with Crippen LogP contribution in [-0.4, -0.2) is 200 Å². The van der Waals surface area contributed by atoms with Crippen LogP contribution in [0, 0.1) is 169 Å². The van der Waals surface area contributed by atoms with E-state index in [4.69, 9.17) is 61.6 Å². The van der Waals surface area contributed by atoms with Crippen LogP contribution in [0.1, 0.15) is 340 Å². The number of carbonyl (C=O) groups excluding carboxylic acids is 15. The molecule has 33 unspecified atom stereocenters. The minimum absolute atomic E-state index is 0.0181. The van der Waals surface area contributed by atoms with E-state index in [1.165, 1.54) is 38.5 Å². The molecule has 15 aliphatic carbocycles. The maximum atomic E-state index is 13.4. The van der Waals surface area contributed by atoms with Crippen LogP contribution in [0.4, 0.5) is 0 Å². The van der Waals surface area contributed by atoms with E-state index in [-0.39, 0.29) is 193 Å². The summed E-state index contributed by atoms with van der Waals surface area (Å²) in [6.45, 7) is 46.8. The Balaban J connectivity index is 0.000000129. The summed E-state index contributed by atoms with van der Waals surface area (Å²) in [7, 11) is -3.36. The van der Waals surface area contributed by atoms with Crippen molar-refractivity contribution in [1.82, 2.24) is 15.4 Å². The number of ether oxygens (including phenoxy) is 13. The minimum atomic E-state index is -3.36. The number of hydrogen-bond donors (Lipinski definition) is 3. The summed E-state index contributed by atoms with van der Waals surface area (Å²) in [4.78, 5) is 189. The minimum Gasteiger partial charge on any atom is -0.460 e. The molecule has 0 radical (unpaired) electrons. The van der Waals surface area contributed by atoms with E-state index in [1.807, 2.05) is 111 Å². The highest BCUT2D eigenvalue weighted by Crippen LogP contribution is 2.65. The molecule has 33 nitrogen and oxygen atoms in total. The van der Waals surface area contributed by atoms with E-state index < -0.39 is 159 Å². The van der Waals surface area contributed by atoms with Crippen molar-refractivity contribution in [1.29, 1.82) is 0 Å². The molecular weight excluding hydrogens is 1900 g/mol. The highest BCUT2D eigenvalue weighted by atomic mass is 32.2. The van der Waals surface area contributed by atoms with E-state index in [2.05, 4.69) is 56.9 Å². The zero-order valence-electron chi connectivity index (χ0n) is 90.7. The number of hydrogen-bond acceptors (Lipinski definition) is 30. The van der Waals surface area contributed by atoms with Gasteiger partial charge >= 0.3 is 77.6 Å². The lowest BCUT2D eigenvalue weighted by atomic mass is 9.78. The Kier molecular flexibility index (Phi) is 30.9. The van der Waals surface area contributed by atoms with Crippen LogP contribution in [-0.2, 0) is 144 Å². The second-order valence-corrected chi connectivity index (χ2v) is 54.0. The van der Waals surface area contributed by atoms with Gasteiger partial charge in [0, 0.05) is 47.3 Å². The zero-order chi connectivity index (χ0) is 107. The predicted octanol–water partition coefficient (Wildman–Crippen LogP) is 14.5. The molecule has 0 aromatic carbocycles. The van der Waals surface area contributed by atoms with Gasteiger partial charge in [-0.25, -0.2) is 17.9 Å². The van der Waals surface area contributed by atoms with Crippen molar-refractivity contribution in [3.8, 4) is 0 Å². The summed E-state index contributed by atoms with van der Waals surface area (Å²) in [5, 5.41) is 5.61. The summed E-state index contributed by atoms with van der Waals surface area (Å²) in [5.74, 6) is -7.59.